The quantitative estimate of drug-likeness (QED) is 0.188. The van der Waals surface area contributed by atoms with E-state index in [1.165, 1.54) is 4.90 Å². The van der Waals surface area contributed by atoms with E-state index < -0.39 is 0 Å². The molecular weight excluding hydrogens is 529 g/mol. The van der Waals surface area contributed by atoms with Gasteiger partial charge in [0.1, 0.15) is 6.61 Å². The molecule has 0 aromatic heterocycles. The molecular formula is C29H25Cl2NO4S. The van der Waals surface area contributed by atoms with Gasteiger partial charge >= 0.3 is 0 Å². The number of hydrogen-bond donors (Lipinski definition) is 0. The molecule has 0 bridgehead atoms. The van der Waals surface area contributed by atoms with Gasteiger partial charge in [0.15, 0.2) is 11.5 Å². The molecule has 37 heavy (non-hydrogen) atoms. The van der Waals surface area contributed by atoms with E-state index in [0.29, 0.717) is 51.6 Å². The zero-order valence-electron chi connectivity index (χ0n) is 20.2. The maximum absolute atomic E-state index is 13.1. The number of rotatable bonds is 10. The number of allylic oxidation sites excluding steroid dienone is 1. The van der Waals surface area contributed by atoms with Crippen molar-refractivity contribution in [2.45, 2.75) is 26.5 Å². The van der Waals surface area contributed by atoms with Crippen LogP contribution >= 0.6 is 35.0 Å². The minimum atomic E-state index is -0.381. The highest BCUT2D eigenvalue weighted by Crippen LogP contribution is 2.38. The van der Waals surface area contributed by atoms with Crippen LogP contribution in [0.3, 0.4) is 0 Å². The predicted molar refractivity (Wildman–Crippen MR) is 150 cm³/mol. The molecule has 0 N–H and O–H groups in total. The van der Waals surface area contributed by atoms with Gasteiger partial charge < -0.3 is 9.47 Å². The second-order valence-electron chi connectivity index (χ2n) is 8.21. The number of carbonyl (C=O) groups excluding carboxylic acids is 2. The summed E-state index contributed by atoms with van der Waals surface area (Å²) in [7, 11) is 0. The van der Waals surface area contributed by atoms with E-state index in [4.69, 9.17) is 32.7 Å². The van der Waals surface area contributed by atoms with Crippen LogP contribution in [0.25, 0.3) is 6.08 Å². The highest BCUT2D eigenvalue weighted by atomic mass is 35.5. The zero-order valence-corrected chi connectivity index (χ0v) is 22.5. The van der Waals surface area contributed by atoms with Gasteiger partial charge in [-0.15, -0.1) is 6.58 Å². The van der Waals surface area contributed by atoms with E-state index in [1.807, 2.05) is 49.4 Å². The van der Waals surface area contributed by atoms with Gasteiger partial charge in [-0.2, -0.15) is 0 Å². The van der Waals surface area contributed by atoms with Crippen LogP contribution in [0.15, 0.2) is 78.2 Å². The molecule has 1 aliphatic heterocycles. The number of halogens is 2. The molecule has 1 aliphatic rings. The minimum Gasteiger partial charge on any atom is -0.490 e. The predicted octanol–water partition coefficient (Wildman–Crippen LogP) is 7.94. The van der Waals surface area contributed by atoms with E-state index in [-0.39, 0.29) is 17.7 Å². The Labute approximate surface area is 230 Å². The van der Waals surface area contributed by atoms with E-state index >= 15 is 0 Å². The van der Waals surface area contributed by atoms with Crippen LogP contribution in [0.5, 0.6) is 11.5 Å². The Bertz CT molecular complexity index is 1360. The van der Waals surface area contributed by atoms with E-state index in [0.717, 1.165) is 28.5 Å². The lowest BCUT2D eigenvalue weighted by Gasteiger charge is -2.17. The van der Waals surface area contributed by atoms with Crippen LogP contribution in [0.1, 0.15) is 29.2 Å². The highest BCUT2D eigenvalue weighted by Gasteiger charge is 2.35. The molecule has 4 rings (SSSR count). The zero-order chi connectivity index (χ0) is 26.4. The largest absolute Gasteiger partial charge is 0.490 e. The molecule has 1 saturated heterocycles. The molecule has 2 amide bonds. The summed E-state index contributed by atoms with van der Waals surface area (Å²) in [6.07, 6.45) is 4.03. The molecule has 1 heterocycles. The van der Waals surface area contributed by atoms with Gasteiger partial charge in [0.25, 0.3) is 11.1 Å². The number of ether oxygens (including phenoxy) is 2. The second-order valence-corrected chi connectivity index (χ2v) is 10.0. The molecule has 0 atom stereocenters. The number of imide groups is 1. The maximum Gasteiger partial charge on any atom is 0.293 e. The molecule has 1 fully saturated rings. The number of carbonyl (C=O) groups is 2. The Morgan fingerprint density at radius 3 is 2.49 bits per heavy atom. The monoisotopic (exact) mass is 553 g/mol. The minimum absolute atomic E-state index is 0.0657. The fraction of sp³-hybridized carbons (Fsp3) is 0.172. The van der Waals surface area contributed by atoms with Gasteiger partial charge in [-0.3, -0.25) is 14.5 Å². The summed E-state index contributed by atoms with van der Waals surface area (Å²) < 4.78 is 12.1. The molecule has 5 nitrogen and oxygen atoms in total. The number of benzene rings is 3. The lowest BCUT2D eigenvalue weighted by molar-refractivity contribution is -0.123. The van der Waals surface area contributed by atoms with Crippen LogP contribution < -0.4 is 9.47 Å². The van der Waals surface area contributed by atoms with Gasteiger partial charge in [0, 0.05) is 15.6 Å². The van der Waals surface area contributed by atoms with Crippen molar-refractivity contribution >= 4 is 52.2 Å². The first-order valence-corrected chi connectivity index (χ1v) is 13.2. The normalized spacial score (nSPS) is 14.4. The van der Waals surface area contributed by atoms with Crippen molar-refractivity contribution in [2.75, 3.05) is 6.61 Å². The summed E-state index contributed by atoms with van der Waals surface area (Å²) in [4.78, 5) is 27.3. The highest BCUT2D eigenvalue weighted by molar-refractivity contribution is 8.18. The van der Waals surface area contributed by atoms with Crippen LogP contribution in [0.2, 0.25) is 10.0 Å². The lowest BCUT2D eigenvalue weighted by Crippen LogP contribution is -2.27. The van der Waals surface area contributed by atoms with Crippen LogP contribution in [-0.4, -0.2) is 22.7 Å². The van der Waals surface area contributed by atoms with Gasteiger partial charge in [-0.25, -0.2) is 0 Å². The molecule has 0 aliphatic carbocycles. The summed E-state index contributed by atoms with van der Waals surface area (Å²) in [5.74, 6) is 0.818. The van der Waals surface area contributed by atoms with Crippen molar-refractivity contribution in [2.24, 2.45) is 0 Å². The van der Waals surface area contributed by atoms with Crippen molar-refractivity contribution < 1.29 is 19.1 Å². The van der Waals surface area contributed by atoms with E-state index in [2.05, 4.69) is 6.58 Å². The van der Waals surface area contributed by atoms with Gasteiger partial charge in [-0.05, 0) is 72.1 Å². The van der Waals surface area contributed by atoms with E-state index in [1.54, 1.807) is 30.4 Å². The molecule has 3 aromatic carbocycles. The van der Waals surface area contributed by atoms with E-state index in [9.17, 15) is 9.59 Å². The van der Waals surface area contributed by atoms with Crippen LogP contribution in [0.4, 0.5) is 4.79 Å². The Kier molecular flexibility index (Phi) is 8.98. The number of hydrogen-bond acceptors (Lipinski definition) is 5. The smallest absolute Gasteiger partial charge is 0.293 e. The van der Waals surface area contributed by atoms with Crippen molar-refractivity contribution in [3.63, 3.8) is 0 Å². The molecule has 8 heteroatoms. The topological polar surface area (TPSA) is 55.8 Å². The molecule has 0 unspecified atom stereocenters. The Hall–Kier alpha value is -3.19. The van der Waals surface area contributed by atoms with Crippen LogP contribution in [0, 0.1) is 0 Å². The third kappa shape index (κ3) is 6.58. The summed E-state index contributed by atoms with van der Waals surface area (Å²) in [5, 5.41) is 0.526. The average Bonchev–Trinajstić information content (AvgIpc) is 3.13. The van der Waals surface area contributed by atoms with Crippen molar-refractivity contribution in [3.8, 4) is 11.5 Å². The fourth-order valence-corrected chi connectivity index (χ4v) is 5.14. The molecule has 190 valence electrons. The second kappa shape index (κ2) is 12.4. The number of thioether (sulfide) groups is 1. The standard InChI is InChI=1S/C29H25Cl2NO4S/c1-3-8-21-13-20(14-25(35-4-2)27(21)36-18-19-9-6-5-7-10-19)15-26-28(33)32(29(34)37-26)17-22-11-12-23(30)16-24(22)31/h3,5-7,9-16H,1,4,8,17-18H2,2H3/b26-15-. The maximum atomic E-state index is 13.1. The number of amides is 2. The van der Waals surface area contributed by atoms with Gasteiger partial charge in [-0.1, -0.05) is 65.7 Å². The Balaban J connectivity index is 1.62. The third-order valence-electron chi connectivity index (χ3n) is 5.56. The summed E-state index contributed by atoms with van der Waals surface area (Å²) in [6, 6.07) is 18.6. The molecule has 0 saturated carbocycles. The molecule has 0 radical (unpaired) electrons. The summed E-state index contributed by atoms with van der Waals surface area (Å²) >= 11 is 13.1. The van der Waals surface area contributed by atoms with Crippen molar-refractivity contribution in [1.29, 1.82) is 0 Å². The first-order chi connectivity index (χ1) is 17.9. The lowest BCUT2D eigenvalue weighted by atomic mass is 10.0. The summed E-state index contributed by atoms with van der Waals surface area (Å²) in [6.45, 7) is 6.66. The Morgan fingerprint density at radius 1 is 1.00 bits per heavy atom. The van der Waals surface area contributed by atoms with Crippen molar-refractivity contribution in [1.82, 2.24) is 4.90 Å². The average molecular weight is 554 g/mol. The number of nitrogens with zero attached hydrogens (tertiary/aromatic N) is 1. The SMILES string of the molecule is C=CCc1cc(/C=C2\SC(=O)N(Cc3ccc(Cl)cc3Cl)C2=O)cc(OCC)c1OCc1ccccc1. The molecule has 3 aromatic rings. The fourth-order valence-electron chi connectivity index (χ4n) is 3.84. The van der Waals surface area contributed by atoms with Crippen molar-refractivity contribution in [3.05, 3.63) is 111 Å². The summed E-state index contributed by atoms with van der Waals surface area (Å²) in [5.41, 5.74) is 3.27. The third-order valence-corrected chi connectivity index (χ3v) is 7.05. The van der Waals surface area contributed by atoms with Gasteiger partial charge in [0.05, 0.1) is 18.1 Å². The van der Waals surface area contributed by atoms with Gasteiger partial charge in [0.2, 0.25) is 0 Å². The first-order valence-electron chi connectivity index (χ1n) is 11.7. The first kappa shape index (κ1) is 26.9. The Morgan fingerprint density at radius 2 is 1.78 bits per heavy atom. The van der Waals surface area contributed by atoms with Crippen LogP contribution in [-0.2, 0) is 24.4 Å². The molecule has 0 spiro atoms.